The van der Waals surface area contributed by atoms with Gasteiger partial charge in [0.1, 0.15) is 6.61 Å². The van der Waals surface area contributed by atoms with Gasteiger partial charge in [-0.15, -0.1) is 0 Å². The molecule has 1 atom stereocenters. The summed E-state index contributed by atoms with van der Waals surface area (Å²) in [5.74, 6) is -3.28. The van der Waals surface area contributed by atoms with E-state index in [4.69, 9.17) is 4.74 Å². The van der Waals surface area contributed by atoms with Gasteiger partial charge in [0, 0.05) is 19.3 Å². The van der Waals surface area contributed by atoms with Crippen LogP contribution in [0.3, 0.4) is 0 Å². The molecule has 0 amide bonds. The highest BCUT2D eigenvalue weighted by Gasteiger charge is 2.24. The number of rotatable bonds is 8. The molecule has 25 heavy (non-hydrogen) atoms. The minimum atomic E-state index is -1.03. The molecule has 0 fully saturated rings. The van der Waals surface area contributed by atoms with Crippen LogP contribution >= 0.6 is 0 Å². The molecule has 0 radical (unpaired) electrons. The van der Waals surface area contributed by atoms with Crippen molar-refractivity contribution in [1.82, 2.24) is 0 Å². The van der Waals surface area contributed by atoms with E-state index in [1.807, 2.05) is 0 Å². The number of methoxy groups -OCH3 is 2. The second-order valence-corrected chi connectivity index (χ2v) is 4.59. The number of esters is 4. The highest BCUT2D eigenvalue weighted by Crippen LogP contribution is 2.18. The molecule has 0 aliphatic heterocycles. The van der Waals surface area contributed by atoms with Crippen LogP contribution in [0.2, 0.25) is 0 Å². The average Bonchev–Trinajstić information content (AvgIpc) is 2.61. The van der Waals surface area contributed by atoms with Crippen LogP contribution in [0.25, 0.3) is 0 Å². The summed E-state index contributed by atoms with van der Waals surface area (Å²) in [6, 6.07) is 8.54. The predicted octanol–water partition coefficient (Wildman–Crippen LogP) is 1.11. The van der Waals surface area contributed by atoms with Gasteiger partial charge in [0.05, 0.1) is 13.5 Å². The van der Waals surface area contributed by atoms with Crippen molar-refractivity contribution in [3.8, 4) is 0 Å². The van der Waals surface area contributed by atoms with Crippen LogP contribution in [-0.2, 0) is 38.1 Å². The van der Waals surface area contributed by atoms with Crippen LogP contribution in [0.1, 0.15) is 18.1 Å². The van der Waals surface area contributed by atoms with Crippen molar-refractivity contribution in [2.24, 2.45) is 0 Å². The molecule has 0 aliphatic carbocycles. The van der Waals surface area contributed by atoms with E-state index >= 15 is 0 Å². The molecule has 0 aromatic heterocycles. The van der Waals surface area contributed by atoms with Gasteiger partial charge in [-0.1, -0.05) is 30.3 Å². The van der Waals surface area contributed by atoms with E-state index in [1.165, 1.54) is 7.11 Å². The summed E-state index contributed by atoms with van der Waals surface area (Å²) in [5.41, 5.74) is 0.544. The van der Waals surface area contributed by atoms with Gasteiger partial charge in [-0.25, -0.2) is 14.4 Å². The molecule has 0 bridgehead atoms. The Labute approximate surface area is 144 Å². The highest BCUT2D eigenvalue weighted by molar-refractivity contribution is 5.92. The fourth-order valence-electron chi connectivity index (χ4n) is 1.70. The molecular weight excluding hydrogens is 332 g/mol. The molecule has 1 rings (SSSR count). The molecule has 0 heterocycles. The third kappa shape index (κ3) is 7.40. The van der Waals surface area contributed by atoms with Crippen LogP contribution in [0.15, 0.2) is 42.5 Å². The molecular formula is C17H18O8. The van der Waals surface area contributed by atoms with Crippen molar-refractivity contribution in [3.05, 3.63) is 48.0 Å². The molecule has 134 valence electrons. The number of carbonyl (C=O) groups excluding carboxylic acids is 4. The van der Waals surface area contributed by atoms with E-state index < -0.39 is 30.0 Å². The Morgan fingerprint density at radius 2 is 1.64 bits per heavy atom. The average molecular weight is 350 g/mol. The Hall–Kier alpha value is -3.00. The zero-order valence-electron chi connectivity index (χ0n) is 13.8. The number of ether oxygens (including phenoxy) is 4. The molecule has 0 aliphatic rings. The summed E-state index contributed by atoms with van der Waals surface area (Å²) < 4.78 is 18.7. The monoisotopic (exact) mass is 350 g/mol. The molecule has 1 unspecified atom stereocenters. The summed E-state index contributed by atoms with van der Waals surface area (Å²) in [7, 11) is 2.48. The standard InChI is InChI=1S/C17H18O8/c1-22-13(18)8-9-14(19)24-11-10-15(20)25-17(21)16(23-2)12-6-4-3-5-7-12/h3-9,16H,10-11H2,1-2H3/b9-8+. The van der Waals surface area contributed by atoms with Crippen LogP contribution in [0.4, 0.5) is 0 Å². The lowest BCUT2D eigenvalue weighted by molar-refractivity contribution is -0.168. The van der Waals surface area contributed by atoms with Crippen molar-refractivity contribution < 1.29 is 38.1 Å². The maximum absolute atomic E-state index is 12.0. The summed E-state index contributed by atoms with van der Waals surface area (Å²) in [6.45, 7) is -0.306. The Kier molecular flexibility index (Phi) is 8.59. The molecule has 0 saturated heterocycles. The maximum atomic E-state index is 12.0. The summed E-state index contributed by atoms with van der Waals surface area (Å²) in [4.78, 5) is 45.6. The van der Waals surface area contributed by atoms with E-state index in [-0.39, 0.29) is 13.0 Å². The Morgan fingerprint density at radius 1 is 1.00 bits per heavy atom. The van der Waals surface area contributed by atoms with Crippen molar-refractivity contribution in [2.45, 2.75) is 12.5 Å². The Balaban J connectivity index is 2.41. The second kappa shape index (κ2) is 10.7. The molecule has 0 spiro atoms. The van der Waals surface area contributed by atoms with Crippen LogP contribution in [-0.4, -0.2) is 44.7 Å². The van der Waals surface area contributed by atoms with Crippen LogP contribution in [0, 0.1) is 0 Å². The molecule has 0 N–H and O–H groups in total. The quantitative estimate of drug-likeness (QED) is 0.297. The molecule has 1 aromatic carbocycles. The minimum absolute atomic E-state index is 0.306. The zero-order chi connectivity index (χ0) is 18.7. The lowest BCUT2D eigenvalue weighted by Gasteiger charge is -2.13. The first-order chi connectivity index (χ1) is 12.0. The van der Waals surface area contributed by atoms with Gasteiger partial charge in [0.2, 0.25) is 0 Å². The van der Waals surface area contributed by atoms with Crippen molar-refractivity contribution in [2.75, 3.05) is 20.8 Å². The first kappa shape index (κ1) is 20.0. The van der Waals surface area contributed by atoms with Gasteiger partial charge < -0.3 is 18.9 Å². The topological polar surface area (TPSA) is 105 Å². The van der Waals surface area contributed by atoms with Crippen molar-refractivity contribution in [1.29, 1.82) is 0 Å². The maximum Gasteiger partial charge on any atom is 0.347 e. The van der Waals surface area contributed by atoms with E-state index in [1.54, 1.807) is 30.3 Å². The van der Waals surface area contributed by atoms with Gasteiger partial charge >= 0.3 is 23.9 Å². The largest absolute Gasteiger partial charge is 0.466 e. The van der Waals surface area contributed by atoms with Gasteiger partial charge in [-0.05, 0) is 5.56 Å². The van der Waals surface area contributed by atoms with Gasteiger partial charge in [-0.2, -0.15) is 0 Å². The third-order valence-corrected chi connectivity index (χ3v) is 2.87. The summed E-state index contributed by atoms with van der Waals surface area (Å²) in [5, 5.41) is 0. The van der Waals surface area contributed by atoms with E-state index in [0.717, 1.165) is 19.3 Å². The molecule has 8 heteroatoms. The fraction of sp³-hybridized carbons (Fsp3) is 0.294. The first-order valence-electron chi connectivity index (χ1n) is 7.23. The zero-order valence-corrected chi connectivity index (χ0v) is 13.8. The highest BCUT2D eigenvalue weighted by atomic mass is 16.6. The molecule has 8 nitrogen and oxygen atoms in total. The fourth-order valence-corrected chi connectivity index (χ4v) is 1.70. The number of benzene rings is 1. The van der Waals surface area contributed by atoms with Gasteiger partial charge in [0.25, 0.3) is 0 Å². The smallest absolute Gasteiger partial charge is 0.347 e. The summed E-state index contributed by atoms with van der Waals surface area (Å²) >= 11 is 0. The Morgan fingerprint density at radius 3 is 2.24 bits per heavy atom. The SMILES string of the molecule is COC(=O)/C=C/C(=O)OCCC(=O)OC(=O)C(OC)c1ccccc1. The number of hydrogen-bond donors (Lipinski definition) is 0. The predicted molar refractivity (Wildman–Crippen MR) is 84.0 cm³/mol. The first-order valence-corrected chi connectivity index (χ1v) is 7.23. The van der Waals surface area contributed by atoms with E-state index in [2.05, 4.69) is 14.2 Å². The minimum Gasteiger partial charge on any atom is -0.466 e. The van der Waals surface area contributed by atoms with Crippen molar-refractivity contribution >= 4 is 23.9 Å². The lowest BCUT2D eigenvalue weighted by atomic mass is 10.1. The number of hydrogen-bond acceptors (Lipinski definition) is 8. The number of carbonyl (C=O) groups is 4. The van der Waals surface area contributed by atoms with E-state index in [9.17, 15) is 19.2 Å². The normalized spacial score (nSPS) is 11.6. The van der Waals surface area contributed by atoms with Crippen LogP contribution < -0.4 is 0 Å². The second-order valence-electron chi connectivity index (χ2n) is 4.59. The lowest BCUT2D eigenvalue weighted by Crippen LogP contribution is -2.22. The third-order valence-electron chi connectivity index (χ3n) is 2.87. The van der Waals surface area contributed by atoms with Crippen molar-refractivity contribution in [3.63, 3.8) is 0 Å². The Bertz CT molecular complexity index is 635. The molecule has 1 aromatic rings. The van der Waals surface area contributed by atoms with Gasteiger partial charge in [0.15, 0.2) is 6.10 Å². The van der Waals surface area contributed by atoms with Crippen LogP contribution in [0.5, 0.6) is 0 Å². The van der Waals surface area contributed by atoms with E-state index in [0.29, 0.717) is 5.56 Å². The summed E-state index contributed by atoms with van der Waals surface area (Å²) in [6.07, 6.45) is 0.386. The molecule has 0 saturated carbocycles. The van der Waals surface area contributed by atoms with Gasteiger partial charge in [-0.3, -0.25) is 4.79 Å².